The van der Waals surface area contributed by atoms with E-state index >= 15 is 0 Å². The maximum absolute atomic E-state index is 13.8. The van der Waals surface area contributed by atoms with Crippen LogP contribution in [-0.2, 0) is 26.3 Å². The summed E-state index contributed by atoms with van der Waals surface area (Å²) in [7, 11) is 3.49. The van der Waals surface area contributed by atoms with Gasteiger partial charge in [0.25, 0.3) is 5.91 Å². The molecule has 1 aromatic rings. The number of amides is 2. The lowest BCUT2D eigenvalue weighted by Gasteiger charge is -2.45. The standard InChI is InChI=1S/C23H29N3O3/c1-14(27)24-21-25-23(20(28)26(21)2)19-12-16(15-4-5-15)6-7-17(19)13-22(23)10-8-18(29-3)9-11-22/h6-7,12,15,18H,4-5,8-11,13H2,1-3H3,(H,24,25,27). The van der Waals surface area contributed by atoms with E-state index in [9.17, 15) is 9.59 Å². The van der Waals surface area contributed by atoms with E-state index in [-0.39, 0.29) is 23.3 Å². The molecule has 1 N–H and O–H groups in total. The van der Waals surface area contributed by atoms with Crippen molar-refractivity contribution in [2.24, 2.45) is 10.4 Å². The Labute approximate surface area is 171 Å². The molecule has 1 aliphatic heterocycles. The molecule has 0 radical (unpaired) electrons. The Morgan fingerprint density at radius 3 is 2.59 bits per heavy atom. The van der Waals surface area contributed by atoms with Gasteiger partial charge in [0, 0.05) is 26.5 Å². The highest BCUT2D eigenvalue weighted by Crippen LogP contribution is 2.62. The molecule has 154 valence electrons. The monoisotopic (exact) mass is 395 g/mol. The maximum atomic E-state index is 13.8. The van der Waals surface area contributed by atoms with Crippen LogP contribution in [-0.4, -0.2) is 42.9 Å². The van der Waals surface area contributed by atoms with Gasteiger partial charge in [-0.1, -0.05) is 18.2 Å². The molecule has 2 amide bonds. The summed E-state index contributed by atoms with van der Waals surface area (Å²) in [5.74, 6) is 0.776. The summed E-state index contributed by atoms with van der Waals surface area (Å²) < 4.78 is 5.61. The number of benzene rings is 1. The van der Waals surface area contributed by atoms with Gasteiger partial charge in [0.2, 0.25) is 11.9 Å². The SMILES string of the molecule is COC1CCC2(CC1)Cc1ccc(C3CC3)cc1C21N=C(NC(C)=O)N(C)C1=O. The Hall–Kier alpha value is -2.21. The van der Waals surface area contributed by atoms with Crippen LogP contribution < -0.4 is 5.32 Å². The molecule has 1 atom stereocenters. The number of carbonyl (C=O) groups is 2. The van der Waals surface area contributed by atoms with Crippen LogP contribution in [0.25, 0.3) is 0 Å². The van der Waals surface area contributed by atoms with E-state index in [0.29, 0.717) is 11.9 Å². The Balaban J connectivity index is 1.66. The highest BCUT2D eigenvalue weighted by atomic mass is 16.5. The summed E-state index contributed by atoms with van der Waals surface area (Å²) in [5.41, 5.74) is 2.44. The van der Waals surface area contributed by atoms with Gasteiger partial charge >= 0.3 is 0 Å². The third-order valence-electron chi connectivity index (χ3n) is 7.59. The lowest BCUT2D eigenvalue weighted by molar-refractivity contribution is -0.137. The zero-order chi connectivity index (χ0) is 20.4. The second-order valence-electron chi connectivity index (χ2n) is 9.27. The molecule has 6 heteroatoms. The fraction of sp³-hybridized carbons (Fsp3) is 0.609. The van der Waals surface area contributed by atoms with Gasteiger partial charge in [0.1, 0.15) is 0 Å². The molecular formula is C23H29N3O3. The van der Waals surface area contributed by atoms with E-state index in [1.54, 1.807) is 19.1 Å². The number of rotatable bonds is 2. The summed E-state index contributed by atoms with van der Waals surface area (Å²) in [6.45, 7) is 1.46. The van der Waals surface area contributed by atoms with Crippen LogP contribution in [0.3, 0.4) is 0 Å². The Morgan fingerprint density at radius 2 is 1.97 bits per heavy atom. The number of likely N-dealkylation sites (N-methyl/N-ethyl adjacent to an activating group) is 1. The molecule has 0 bridgehead atoms. The van der Waals surface area contributed by atoms with E-state index in [1.807, 2.05) is 0 Å². The van der Waals surface area contributed by atoms with Crippen molar-refractivity contribution in [2.75, 3.05) is 14.2 Å². The normalized spacial score (nSPS) is 33.3. The van der Waals surface area contributed by atoms with Crippen LogP contribution >= 0.6 is 0 Å². The first kappa shape index (κ1) is 18.8. The quantitative estimate of drug-likeness (QED) is 0.837. The number of carbonyl (C=O) groups excluding carboxylic acids is 2. The minimum Gasteiger partial charge on any atom is -0.381 e. The van der Waals surface area contributed by atoms with E-state index in [4.69, 9.17) is 9.73 Å². The predicted molar refractivity (Wildman–Crippen MR) is 110 cm³/mol. The number of hydrogen-bond donors (Lipinski definition) is 1. The van der Waals surface area contributed by atoms with Crippen molar-refractivity contribution in [1.82, 2.24) is 10.2 Å². The first-order valence-electron chi connectivity index (χ1n) is 10.7. The second-order valence-corrected chi connectivity index (χ2v) is 9.27. The van der Waals surface area contributed by atoms with Gasteiger partial charge in [0.15, 0.2) is 5.54 Å². The van der Waals surface area contributed by atoms with Gasteiger partial charge in [-0.15, -0.1) is 0 Å². The maximum Gasteiger partial charge on any atom is 0.262 e. The van der Waals surface area contributed by atoms with Gasteiger partial charge in [0.05, 0.1) is 6.10 Å². The summed E-state index contributed by atoms with van der Waals surface area (Å²) in [6, 6.07) is 6.71. The molecule has 1 unspecified atom stereocenters. The molecule has 2 fully saturated rings. The molecular weight excluding hydrogens is 366 g/mol. The van der Waals surface area contributed by atoms with Gasteiger partial charge in [-0.25, -0.2) is 4.99 Å². The third-order valence-corrected chi connectivity index (χ3v) is 7.59. The highest BCUT2D eigenvalue weighted by Gasteiger charge is 2.66. The van der Waals surface area contributed by atoms with E-state index in [1.165, 1.54) is 30.9 Å². The average molecular weight is 396 g/mol. The number of guanidine groups is 1. The molecule has 2 saturated carbocycles. The number of ether oxygens (including phenoxy) is 1. The number of aliphatic imine (C=N–C) groups is 1. The molecule has 3 aliphatic carbocycles. The number of fused-ring (bicyclic) bond motifs is 3. The third kappa shape index (κ3) is 2.61. The van der Waals surface area contributed by atoms with Crippen molar-refractivity contribution in [2.45, 2.75) is 69.4 Å². The zero-order valence-electron chi connectivity index (χ0n) is 17.5. The first-order chi connectivity index (χ1) is 13.9. The van der Waals surface area contributed by atoms with Crippen LogP contribution in [0.5, 0.6) is 0 Å². The Kier molecular flexibility index (Phi) is 4.14. The number of methoxy groups -OCH3 is 1. The van der Waals surface area contributed by atoms with Crippen LogP contribution in [0.4, 0.5) is 0 Å². The van der Waals surface area contributed by atoms with Crippen LogP contribution in [0.15, 0.2) is 23.2 Å². The predicted octanol–water partition coefficient (Wildman–Crippen LogP) is 2.85. The van der Waals surface area contributed by atoms with Crippen LogP contribution in [0.2, 0.25) is 0 Å². The molecule has 5 rings (SSSR count). The smallest absolute Gasteiger partial charge is 0.262 e. The molecule has 6 nitrogen and oxygen atoms in total. The summed E-state index contributed by atoms with van der Waals surface area (Å²) in [5, 5.41) is 2.79. The van der Waals surface area contributed by atoms with Gasteiger partial charge in [-0.3, -0.25) is 19.8 Å². The molecule has 1 aromatic carbocycles. The molecule has 0 aromatic heterocycles. The summed E-state index contributed by atoms with van der Waals surface area (Å²) >= 11 is 0. The highest BCUT2D eigenvalue weighted by molar-refractivity contribution is 6.12. The van der Waals surface area contributed by atoms with Gasteiger partial charge in [-0.2, -0.15) is 0 Å². The van der Waals surface area contributed by atoms with Crippen molar-refractivity contribution in [3.8, 4) is 0 Å². The van der Waals surface area contributed by atoms with Gasteiger partial charge < -0.3 is 4.74 Å². The van der Waals surface area contributed by atoms with Crippen molar-refractivity contribution >= 4 is 17.8 Å². The van der Waals surface area contributed by atoms with E-state index in [2.05, 4.69) is 23.5 Å². The molecule has 29 heavy (non-hydrogen) atoms. The molecule has 4 aliphatic rings. The lowest BCUT2D eigenvalue weighted by atomic mass is 9.61. The topological polar surface area (TPSA) is 71.0 Å². The Morgan fingerprint density at radius 1 is 1.24 bits per heavy atom. The largest absolute Gasteiger partial charge is 0.381 e. The second kappa shape index (κ2) is 6.39. The number of nitrogens with one attached hydrogen (secondary N) is 1. The molecule has 1 heterocycles. The van der Waals surface area contributed by atoms with Crippen LogP contribution in [0.1, 0.15) is 68.1 Å². The van der Waals surface area contributed by atoms with Crippen molar-refractivity contribution in [3.05, 3.63) is 34.9 Å². The fourth-order valence-electron chi connectivity index (χ4n) is 5.86. The van der Waals surface area contributed by atoms with Crippen LogP contribution in [0, 0.1) is 5.41 Å². The minimum absolute atomic E-state index is 0.0104. The van der Waals surface area contributed by atoms with E-state index < -0.39 is 5.54 Å². The average Bonchev–Trinajstić information content (AvgIpc) is 3.48. The summed E-state index contributed by atoms with van der Waals surface area (Å²) in [4.78, 5) is 32.2. The summed E-state index contributed by atoms with van der Waals surface area (Å²) in [6.07, 6.45) is 7.22. The van der Waals surface area contributed by atoms with E-state index in [0.717, 1.165) is 37.7 Å². The zero-order valence-corrected chi connectivity index (χ0v) is 17.5. The Bertz CT molecular complexity index is 912. The first-order valence-corrected chi connectivity index (χ1v) is 10.7. The molecule has 2 spiro atoms. The number of nitrogens with zero attached hydrogens (tertiary/aromatic N) is 2. The fourth-order valence-corrected chi connectivity index (χ4v) is 5.86. The van der Waals surface area contributed by atoms with Crippen molar-refractivity contribution < 1.29 is 14.3 Å². The number of hydrogen-bond acceptors (Lipinski definition) is 4. The van der Waals surface area contributed by atoms with Crippen molar-refractivity contribution in [1.29, 1.82) is 0 Å². The van der Waals surface area contributed by atoms with Gasteiger partial charge in [-0.05, 0) is 67.6 Å². The molecule has 0 saturated heterocycles. The lowest BCUT2D eigenvalue weighted by Crippen LogP contribution is -2.51. The van der Waals surface area contributed by atoms with Crippen molar-refractivity contribution in [3.63, 3.8) is 0 Å². The minimum atomic E-state index is -0.932.